The Hall–Kier alpha value is -2.14. The number of pyridine rings is 2. The van der Waals surface area contributed by atoms with E-state index in [0.717, 1.165) is 13.1 Å². The van der Waals surface area contributed by atoms with Crippen LogP contribution >= 0.6 is 0 Å². The van der Waals surface area contributed by atoms with Gasteiger partial charge in [-0.05, 0) is 37.5 Å². The topological polar surface area (TPSA) is 50.3 Å². The second-order valence-electron chi connectivity index (χ2n) is 6.02. The maximum atomic E-state index is 5.69. The van der Waals surface area contributed by atoms with Crippen molar-refractivity contribution in [1.29, 1.82) is 0 Å². The van der Waals surface area contributed by atoms with Gasteiger partial charge in [0.05, 0.1) is 18.1 Å². The molecule has 2 fully saturated rings. The average molecular weight is 296 g/mol. The first-order valence-corrected chi connectivity index (χ1v) is 7.92. The molecule has 0 saturated carbocycles. The zero-order valence-corrected chi connectivity index (χ0v) is 12.5. The molecule has 2 unspecified atom stereocenters. The summed E-state index contributed by atoms with van der Waals surface area (Å²) in [5.74, 6) is 1.31. The van der Waals surface area contributed by atoms with E-state index in [4.69, 9.17) is 4.74 Å². The van der Waals surface area contributed by atoms with Crippen molar-refractivity contribution in [3.63, 3.8) is 0 Å². The largest absolute Gasteiger partial charge is 0.437 e. The Bertz CT molecular complexity index is 616. The van der Waals surface area contributed by atoms with Crippen molar-refractivity contribution in [2.75, 3.05) is 18.0 Å². The summed E-state index contributed by atoms with van der Waals surface area (Å²) in [5, 5.41) is 3.70. The number of ether oxygens (including phenoxy) is 1. The number of hydrogen-bond donors (Lipinski definition) is 1. The van der Waals surface area contributed by atoms with Crippen LogP contribution in [0.3, 0.4) is 0 Å². The number of nitrogens with zero attached hydrogens (tertiary/aromatic N) is 3. The summed E-state index contributed by atoms with van der Waals surface area (Å²) in [6, 6.07) is 9.08. The zero-order chi connectivity index (χ0) is 14.8. The molecular weight excluding hydrogens is 276 g/mol. The highest BCUT2D eigenvalue weighted by Gasteiger charge is 2.29. The quantitative estimate of drug-likeness (QED) is 0.943. The molecule has 2 aromatic heterocycles. The molecule has 5 heteroatoms. The standard InChI is InChI=1S/C17H20N4O/c1-2-16(11-18-8-1)22-17-6-5-15(10-19-17)21-9-7-13-3-4-14(12-21)20-13/h1-2,5-6,8,10-11,13-14,20H,3-4,7,9,12H2. The van der Waals surface area contributed by atoms with Gasteiger partial charge in [-0.2, -0.15) is 0 Å². The maximum Gasteiger partial charge on any atom is 0.219 e. The molecular formula is C17H20N4O. The van der Waals surface area contributed by atoms with Crippen LogP contribution in [0.4, 0.5) is 5.69 Å². The number of fused-ring (bicyclic) bond motifs is 2. The molecule has 2 atom stereocenters. The van der Waals surface area contributed by atoms with Crippen molar-refractivity contribution in [3.8, 4) is 11.6 Å². The highest BCUT2D eigenvalue weighted by Crippen LogP contribution is 2.26. The van der Waals surface area contributed by atoms with E-state index in [2.05, 4.69) is 26.3 Å². The van der Waals surface area contributed by atoms with E-state index in [9.17, 15) is 0 Å². The van der Waals surface area contributed by atoms with E-state index < -0.39 is 0 Å². The first-order valence-electron chi connectivity index (χ1n) is 7.92. The molecule has 0 amide bonds. The molecule has 2 bridgehead atoms. The molecule has 2 aliphatic rings. The lowest BCUT2D eigenvalue weighted by Crippen LogP contribution is -2.35. The monoisotopic (exact) mass is 296 g/mol. The first-order chi connectivity index (χ1) is 10.9. The van der Waals surface area contributed by atoms with E-state index in [1.54, 1.807) is 12.4 Å². The molecule has 1 N–H and O–H groups in total. The third-order valence-electron chi connectivity index (χ3n) is 4.47. The summed E-state index contributed by atoms with van der Waals surface area (Å²) in [5.41, 5.74) is 1.17. The van der Waals surface area contributed by atoms with Crippen LogP contribution in [0.5, 0.6) is 11.6 Å². The van der Waals surface area contributed by atoms with Gasteiger partial charge in [0.15, 0.2) is 0 Å². The Balaban J connectivity index is 1.45. The van der Waals surface area contributed by atoms with Gasteiger partial charge in [-0.15, -0.1) is 0 Å². The van der Waals surface area contributed by atoms with Gasteiger partial charge < -0.3 is 15.0 Å². The van der Waals surface area contributed by atoms with Crippen molar-refractivity contribution < 1.29 is 4.74 Å². The summed E-state index contributed by atoms with van der Waals surface area (Å²) in [6.07, 6.45) is 9.15. The minimum atomic E-state index is 0.603. The van der Waals surface area contributed by atoms with Crippen molar-refractivity contribution >= 4 is 5.69 Å². The van der Waals surface area contributed by atoms with Gasteiger partial charge in [-0.1, -0.05) is 0 Å². The predicted octanol–water partition coefficient (Wildman–Crippen LogP) is 2.60. The van der Waals surface area contributed by atoms with E-state index in [1.807, 2.05) is 24.4 Å². The fraction of sp³-hybridized carbons (Fsp3) is 0.412. The van der Waals surface area contributed by atoms with Crippen molar-refractivity contribution in [2.24, 2.45) is 0 Å². The number of rotatable bonds is 3. The zero-order valence-electron chi connectivity index (χ0n) is 12.5. The molecule has 2 saturated heterocycles. The smallest absolute Gasteiger partial charge is 0.219 e. The highest BCUT2D eigenvalue weighted by molar-refractivity contribution is 5.46. The molecule has 4 rings (SSSR count). The lowest BCUT2D eigenvalue weighted by atomic mass is 10.1. The fourth-order valence-corrected chi connectivity index (χ4v) is 3.33. The third kappa shape index (κ3) is 2.90. The van der Waals surface area contributed by atoms with Crippen LogP contribution in [-0.2, 0) is 0 Å². The van der Waals surface area contributed by atoms with E-state index in [0.29, 0.717) is 23.7 Å². The fourth-order valence-electron chi connectivity index (χ4n) is 3.33. The lowest BCUT2D eigenvalue weighted by Gasteiger charge is -2.26. The molecule has 2 aromatic rings. The SMILES string of the molecule is c1cncc(Oc2ccc(N3CCC4CCC(C3)N4)cn2)c1. The molecule has 5 nitrogen and oxygen atoms in total. The minimum absolute atomic E-state index is 0.603. The number of anilines is 1. The number of hydrogen-bond acceptors (Lipinski definition) is 5. The molecule has 114 valence electrons. The van der Waals surface area contributed by atoms with Crippen LogP contribution in [0, 0.1) is 0 Å². The Morgan fingerprint density at radius 3 is 2.86 bits per heavy atom. The highest BCUT2D eigenvalue weighted by atomic mass is 16.5. The molecule has 4 heterocycles. The first kappa shape index (κ1) is 13.5. The second-order valence-corrected chi connectivity index (χ2v) is 6.02. The molecule has 0 aromatic carbocycles. The lowest BCUT2D eigenvalue weighted by molar-refractivity contribution is 0.460. The van der Waals surface area contributed by atoms with Crippen molar-refractivity contribution in [1.82, 2.24) is 15.3 Å². The minimum Gasteiger partial charge on any atom is -0.437 e. The van der Waals surface area contributed by atoms with Gasteiger partial charge >= 0.3 is 0 Å². The molecule has 0 radical (unpaired) electrons. The Kier molecular flexibility index (Phi) is 3.64. The molecule has 0 spiro atoms. The van der Waals surface area contributed by atoms with E-state index in [-0.39, 0.29) is 0 Å². The van der Waals surface area contributed by atoms with Gasteiger partial charge in [-0.25, -0.2) is 4.98 Å². The molecule has 22 heavy (non-hydrogen) atoms. The van der Waals surface area contributed by atoms with Crippen LogP contribution in [0.25, 0.3) is 0 Å². The number of nitrogens with one attached hydrogen (secondary N) is 1. The summed E-state index contributed by atoms with van der Waals surface area (Å²) in [7, 11) is 0. The van der Waals surface area contributed by atoms with Crippen molar-refractivity contribution in [2.45, 2.75) is 31.3 Å². The van der Waals surface area contributed by atoms with Gasteiger partial charge in [0.1, 0.15) is 5.75 Å². The van der Waals surface area contributed by atoms with Gasteiger partial charge in [-0.3, -0.25) is 4.98 Å². The molecule has 2 aliphatic heterocycles. The Morgan fingerprint density at radius 2 is 2.05 bits per heavy atom. The summed E-state index contributed by atoms with van der Waals surface area (Å²) >= 11 is 0. The van der Waals surface area contributed by atoms with Crippen LogP contribution in [0.1, 0.15) is 19.3 Å². The summed E-state index contributed by atoms with van der Waals surface area (Å²) < 4.78 is 5.69. The average Bonchev–Trinajstić information content (AvgIpc) is 2.89. The summed E-state index contributed by atoms with van der Waals surface area (Å²) in [6.45, 7) is 2.17. The normalized spacial score (nSPS) is 24.1. The van der Waals surface area contributed by atoms with Crippen LogP contribution in [-0.4, -0.2) is 35.1 Å². The van der Waals surface area contributed by atoms with Crippen molar-refractivity contribution in [3.05, 3.63) is 42.9 Å². The van der Waals surface area contributed by atoms with Crippen LogP contribution < -0.4 is 15.0 Å². The number of aromatic nitrogens is 2. The Morgan fingerprint density at radius 1 is 1.09 bits per heavy atom. The van der Waals surface area contributed by atoms with Gasteiger partial charge in [0.25, 0.3) is 0 Å². The maximum absolute atomic E-state index is 5.69. The van der Waals surface area contributed by atoms with Crippen LogP contribution in [0.2, 0.25) is 0 Å². The predicted molar refractivity (Wildman–Crippen MR) is 85.3 cm³/mol. The van der Waals surface area contributed by atoms with Gasteiger partial charge in [0, 0.05) is 37.4 Å². The van der Waals surface area contributed by atoms with E-state index in [1.165, 1.54) is 24.9 Å². The summed E-state index contributed by atoms with van der Waals surface area (Å²) in [4.78, 5) is 10.9. The molecule has 0 aliphatic carbocycles. The van der Waals surface area contributed by atoms with Gasteiger partial charge in [0.2, 0.25) is 5.88 Å². The Labute approximate surface area is 130 Å². The third-order valence-corrected chi connectivity index (χ3v) is 4.47. The second kappa shape index (κ2) is 5.93. The van der Waals surface area contributed by atoms with E-state index >= 15 is 0 Å². The van der Waals surface area contributed by atoms with Crippen LogP contribution in [0.15, 0.2) is 42.9 Å².